The molecule has 0 radical (unpaired) electrons. The van der Waals surface area contributed by atoms with Crippen molar-refractivity contribution in [2.75, 3.05) is 6.61 Å². The van der Waals surface area contributed by atoms with Crippen LogP contribution >= 0.6 is 35.6 Å². The van der Waals surface area contributed by atoms with E-state index in [1.54, 1.807) is 12.1 Å². The lowest BCUT2D eigenvalue weighted by Gasteiger charge is -2.15. The number of aryl methyl sites for hydroxylation is 1. The second-order valence-electron chi connectivity index (χ2n) is 5.89. The second-order valence-corrected chi connectivity index (χ2v) is 8.02. The predicted molar refractivity (Wildman–Crippen MR) is 114 cm³/mol. The molecular weight excluding hydrogens is 402 g/mol. The highest BCUT2D eigenvalue weighted by Gasteiger charge is 2.22. The van der Waals surface area contributed by atoms with Gasteiger partial charge in [-0.3, -0.25) is 4.79 Å². The minimum Gasteiger partial charge on any atom is -0.490 e. The van der Waals surface area contributed by atoms with Crippen LogP contribution in [0.25, 0.3) is 6.08 Å². The maximum atomic E-state index is 11.9. The van der Waals surface area contributed by atoms with Crippen molar-refractivity contribution in [3.05, 3.63) is 63.0 Å². The molecule has 3 rings (SSSR count). The molecule has 0 saturated carbocycles. The molecule has 1 amide bonds. The summed E-state index contributed by atoms with van der Waals surface area (Å²) >= 11 is 12.7. The van der Waals surface area contributed by atoms with Gasteiger partial charge in [0.1, 0.15) is 10.9 Å². The number of carbonyl (C=O) groups excluding carboxylic acids is 1. The van der Waals surface area contributed by atoms with Crippen molar-refractivity contribution in [1.29, 1.82) is 0 Å². The number of halogens is 1. The van der Waals surface area contributed by atoms with Gasteiger partial charge in [0, 0.05) is 0 Å². The highest BCUT2D eigenvalue weighted by Crippen LogP contribution is 2.38. The quantitative estimate of drug-likeness (QED) is 0.520. The zero-order valence-corrected chi connectivity index (χ0v) is 17.3. The van der Waals surface area contributed by atoms with Crippen LogP contribution in [0.5, 0.6) is 11.5 Å². The molecule has 1 aliphatic heterocycles. The van der Waals surface area contributed by atoms with Gasteiger partial charge in [-0.05, 0) is 43.2 Å². The van der Waals surface area contributed by atoms with Gasteiger partial charge in [0.25, 0.3) is 5.91 Å². The second kappa shape index (κ2) is 8.78. The molecule has 4 nitrogen and oxygen atoms in total. The molecule has 0 unspecified atom stereocenters. The third-order valence-electron chi connectivity index (χ3n) is 3.78. The van der Waals surface area contributed by atoms with Crippen molar-refractivity contribution in [1.82, 2.24) is 5.32 Å². The first-order chi connectivity index (χ1) is 13.0. The molecule has 140 valence electrons. The van der Waals surface area contributed by atoms with Crippen molar-refractivity contribution in [2.45, 2.75) is 20.5 Å². The standard InChI is InChI=1S/C20H18ClNO3S2/c1-3-24-16-9-14(10-17-19(23)22-20(26)27-17)8-15(21)18(16)25-11-13-6-4-12(2)5-7-13/h4-10H,3,11H2,1-2H3,(H,22,23,26). The lowest BCUT2D eigenvalue weighted by molar-refractivity contribution is -0.115. The van der Waals surface area contributed by atoms with E-state index < -0.39 is 0 Å². The molecule has 7 heteroatoms. The average molecular weight is 420 g/mol. The normalized spacial score (nSPS) is 15.1. The molecule has 1 aliphatic rings. The molecule has 0 bridgehead atoms. The number of ether oxygens (including phenoxy) is 2. The Hall–Kier alpha value is -2.02. The van der Waals surface area contributed by atoms with Crippen molar-refractivity contribution in [3.63, 3.8) is 0 Å². The minimum atomic E-state index is -0.209. The monoisotopic (exact) mass is 419 g/mol. The Bertz CT molecular complexity index is 910. The van der Waals surface area contributed by atoms with Gasteiger partial charge in [-0.15, -0.1) is 0 Å². The summed E-state index contributed by atoms with van der Waals surface area (Å²) in [5.41, 5.74) is 2.98. The van der Waals surface area contributed by atoms with E-state index in [4.69, 9.17) is 33.3 Å². The van der Waals surface area contributed by atoms with Crippen LogP contribution in [-0.2, 0) is 11.4 Å². The fraction of sp³-hybridized carbons (Fsp3) is 0.200. The Labute approximate surface area is 172 Å². The molecule has 0 aliphatic carbocycles. The van der Waals surface area contributed by atoms with Crippen LogP contribution in [0.2, 0.25) is 5.02 Å². The molecule has 1 fully saturated rings. The summed E-state index contributed by atoms with van der Waals surface area (Å²) in [5.74, 6) is 0.814. The van der Waals surface area contributed by atoms with E-state index >= 15 is 0 Å². The van der Waals surface area contributed by atoms with E-state index in [0.717, 1.165) is 11.1 Å². The number of benzene rings is 2. The highest BCUT2D eigenvalue weighted by atomic mass is 35.5. The van der Waals surface area contributed by atoms with Crippen molar-refractivity contribution >= 4 is 51.9 Å². The first-order valence-corrected chi connectivity index (χ1v) is 9.96. The van der Waals surface area contributed by atoms with E-state index in [1.807, 2.05) is 44.2 Å². The third-order valence-corrected chi connectivity index (χ3v) is 5.22. The molecule has 1 N–H and O–H groups in total. The lowest BCUT2D eigenvalue weighted by Crippen LogP contribution is -2.17. The Morgan fingerprint density at radius 2 is 1.96 bits per heavy atom. The maximum absolute atomic E-state index is 11.9. The maximum Gasteiger partial charge on any atom is 0.263 e. The first kappa shape index (κ1) is 19.7. The van der Waals surface area contributed by atoms with Crippen LogP contribution in [0, 0.1) is 6.92 Å². The van der Waals surface area contributed by atoms with Gasteiger partial charge >= 0.3 is 0 Å². The number of hydrogen-bond donors (Lipinski definition) is 1. The van der Waals surface area contributed by atoms with E-state index in [-0.39, 0.29) is 5.91 Å². The topological polar surface area (TPSA) is 47.6 Å². The minimum absolute atomic E-state index is 0.209. The fourth-order valence-corrected chi connectivity index (χ4v) is 3.80. The van der Waals surface area contributed by atoms with Crippen LogP contribution < -0.4 is 14.8 Å². The molecule has 0 spiro atoms. The molecule has 1 saturated heterocycles. The lowest BCUT2D eigenvalue weighted by atomic mass is 10.1. The number of rotatable bonds is 6. The summed E-state index contributed by atoms with van der Waals surface area (Å²) in [6.45, 7) is 4.78. The predicted octanol–water partition coefficient (Wildman–Crippen LogP) is 5.11. The van der Waals surface area contributed by atoms with Gasteiger partial charge in [-0.25, -0.2) is 0 Å². The number of thioether (sulfide) groups is 1. The SMILES string of the molecule is CCOc1cc(C=C2SC(=S)NC2=O)cc(Cl)c1OCc1ccc(C)cc1. The van der Waals surface area contributed by atoms with Gasteiger partial charge in [0.15, 0.2) is 11.5 Å². The Kier molecular flexibility index (Phi) is 6.42. The van der Waals surface area contributed by atoms with Gasteiger partial charge in [-0.1, -0.05) is 65.4 Å². The Morgan fingerprint density at radius 3 is 2.59 bits per heavy atom. The van der Waals surface area contributed by atoms with Crippen molar-refractivity contribution in [2.24, 2.45) is 0 Å². The van der Waals surface area contributed by atoms with E-state index in [0.29, 0.717) is 39.0 Å². The van der Waals surface area contributed by atoms with E-state index in [1.165, 1.54) is 17.3 Å². The van der Waals surface area contributed by atoms with Crippen LogP contribution in [-0.4, -0.2) is 16.8 Å². The van der Waals surface area contributed by atoms with Crippen LogP contribution in [0.3, 0.4) is 0 Å². The van der Waals surface area contributed by atoms with Gasteiger partial charge in [0.05, 0.1) is 16.5 Å². The summed E-state index contributed by atoms with van der Waals surface area (Å²) in [6, 6.07) is 11.7. The van der Waals surface area contributed by atoms with E-state index in [9.17, 15) is 4.79 Å². The van der Waals surface area contributed by atoms with Crippen molar-refractivity contribution < 1.29 is 14.3 Å². The molecule has 27 heavy (non-hydrogen) atoms. The number of thiocarbonyl (C=S) groups is 1. The summed E-state index contributed by atoms with van der Waals surface area (Å²) < 4.78 is 12.1. The molecule has 1 heterocycles. The largest absolute Gasteiger partial charge is 0.490 e. The van der Waals surface area contributed by atoms with E-state index in [2.05, 4.69) is 5.32 Å². The Balaban J connectivity index is 1.85. The Morgan fingerprint density at radius 1 is 1.22 bits per heavy atom. The molecule has 0 aromatic heterocycles. The van der Waals surface area contributed by atoms with Gasteiger partial charge < -0.3 is 14.8 Å². The summed E-state index contributed by atoms with van der Waals surface area (Å²) in [5, 5.41) is 3.02. The fourth-order valence-electron chi connectivity index (χ4n) is 2.49. The van der Waals surface area contributed by atoms with Crippen LogP contribution in [0.1, 0.15) is 23.6 Å². The zero-order valence-electron chi connectivity index (χ0n) is 14.9. The molecule has 2 aromatic carbocycles. The molecule has 0 atom stereocenters. The van der Waals surface area contributed by atoms with Crippen molar-refractivity contribution in [3.8, 4) is 11.5 Å². The summed E-state index contributed by atoms with van der Waals surface area (Å²) in [7, 11) is 0. The number of hydrogen-bond acceptors (Lipinski definition) is 5. The molecular formula is C20H18ClNO3S2. The zero-order chi connectivity index (χ0) is 19.4. The highest BCUT2D eigenvalue weighted by molar-refractivity contribution is 8.26. The summed E-state index contributed by atoms with van der Waals surface area (Å²) in [4.78, 5) is 12.4. The smallest absolute Gasteiger partial charge is 0.263 e. The summed E-state index contributed by atoms with van der Waals surface area (Å²) in [6.07, 6.45) is 1.73. The number of amides is 1. The third kappa shape index (κ3) is 5.03. The van der Waals surface area contributed by atoms with Crippen LogP contribution in [0.4, 0.5) is 0 Å². The molecule has 2 aromatic rings. The van der Waals surface area contributed by atoms with Gasteiger partial charge in [0.2, 0.25) is 0 Å². The number of carbonyl (C=O) groups is 1. The first-order valence-electron chi connectivity index (χ1n) is 8.36. The average Bonchev–Trinajstić information content (AvgIpc) is 2.93. The van der Waals surface area contributed by atoms with Gasteiger partial charge in [-0.2, -0.15) is 0 Å². The number of nitrogens with one attached hydrogen (secondary N) is 1. The van der Waals surface area contributed by atoms with Crippen LogP contribution in [0.15, 0.2) is 41.3 Å².